The molecule has 0 saturated heterocycles. The van der Waals surface area contributed by atoms with Crippen molar-refractivity contribution in [3.63, 3.8) is 0 Å². The number of carbonyl (C=O) groups excluding carboxylic acids is 1. The van der Waals surface area contributed by atoms with Crippen LogP contribution in [-0.4, -0.2) is 12.5 Å². The molecular weight excluding hydrogens is 356 g/mol. The highest BCUT2D eigenvalue weighted by Gasteiger charge is 2.16. The summed E-state index contributed by atoms with van der Waals surface area (Å²) in [4.78, 5) is 12.5. The molecule has 0 spiro atoms. The summed E-state index contributed by atoms with van der Waals surface area (Å²) in [7, 11) is 0. The molecule has 0 fully saturated rings. The molecule has 3 nitrogen and oxygen atoms in total. The third-order valence-electron chi connectivity index (χ3n) is 4.43. The Labute approximate surface area is 165 Å². The quantitative estimate of drug-likeness (QED) is 0.613. The zero-order chi connectivity index (χ0) is 19.2. The van der Waals surface area contributed by atoms with Crippen LogP contribution in [0.25, 0.3) is 0 Å². The molecule has 138 valence electrons. The minimum Gasteiger partial charge on any atom is -0.323 e. The van der Waals surface area contributed by atoms with Crippen molar-refractivity contribution in [2.45, 2.75) is 19.9 Å². The SMILES string of the molecule is Cc1cc(C)c(NC(=O)CNC(c2ccccc2)c2ccccc2)c(Cl)c1. The maximum absolute atomic E-state index is 12.5. The van der Waals surface area contributed by atoms with Gasteiger partial charge in [-0.25, -0.2) is 0 Å². The third-order valence-corrected chi connectivity index (χ3v) is 4.73. The van der Waals surface area contributed by atoms with Crippen molar-refractivity contribution in [2.75, 3.05) is 11.9 Å². The average molecular weight is 379 g/mol. The first-order valence-electron chi connectivity index (χ1n) is 8.94. The fourth-order valence-corrected chi connectivity index (χ4v) is 3.54. The van der Waals surface area contributed by atoms with Crippen LogP contribution < -0.4 is 10.6 Å². The van der Waals surface area contributed by atoms with Crippen LogP contribution in [0.2, 0.25) is 5.02 Å². The van der Waals surface area contributed by atoms with Gasteiger partial charge in [-0.2, -0.15) is 0 Å². The number of carbonyl (C=O) groups is 1. The van der Waals surface area contributed by atoms with E-state index >= 15 is 0 Å². The number of hydrogen-bond acceptors (Lipinski definition) is 2. The minimum absolute atomic E-state index is 0.0623. The molecule has 2 N–H and O–H groups in total. The summed E-state index contributed by atoms with van der Waals surface area (Å²) in [5, 5.41) is 6.86. The monoisotopic (exact) mass is 378 g/mol. The molecule has 4 heteroatoms. The van der Waals surface area contributed by atoms with Gasteiger partial charge in [-0.05, 0) is 42.2 Å². The van der Waals surface area contributed by atoms with Crippen molar-refractivity contribution in [1.29, 1.82) is 0 Å². The van der Waals surface area contributed by atoms with Crippen LogP contribution in [0.15, 0.2) is 72.8 Å². The van der Waals surface area contributed by atoms with E-state index in [1.165, 1.54) is 0 Å². The lowest BCUT2D eigenvalue weighted by Gasteiger charge is -2.20. The van der Waals surface area contributed by atoms with E-state index in [-0.39, 0.29) is 18.5 Å². The van der Waals surface area contributed by atoms with Crippen molar-refractivity contribution < 1.29 is 4.79 Å². The van der Waals surface area contributed by atoms with Crippen LogP contribution in [0.3, 0.4) is 0 Å². The number of aryl methyl sites for hydroxylation is 2. The van der Waals surface area contributed by atoms with Crippen LogP contribution in [0, 0.1) is 13.8 Å². The number of hydrogen-bond donors (Lipinski definition) is 2. The maximum Gasteiger partial charge on any atom is 0.238 e. The minimum atomic E-state index is -0.124. The van der Waals surface area contributed by atoms with Crippen LogP contribution >= 0.6 is 11.6 Å². The van der Waals surface area contributed by atoms with E-state index in [1.807, 2.05) is 62.4 Å². The average Bonchev–Trinajstić information content (AvgIpc) is 2.66. The smallest absolute Gasteiger partial charge is 0.238 e. The molecule has 0 atom stereocenters. The highest BCUT2D eigenvalue weighted by Crippen LogP contribution is 2.27. The van der Waals surface area contributed by atoms with Gasteiger partial charge >= 0.3 is 0 Å². The van der Waals surface area contributed by atoms with Gasteiger partial charge in [-0.3, -0.25) is 10.1 Å². The first-order valence-corrected chi connectivity index (χ1v) is 9.32. The van der Waals surface area contributed by atoms with E-state index in [0.717, 1.165) is 22.3 Å². The number of amides is 1. The Kier molecular flexibility index (Phi) is 6.28. The summed E-state index contributed by atoms with van der Waals surface area (Å²) in [5.74, 6) is -0.124. The number of benzene rings is 3. The molecule has 0 aromatic heterocycles. The molecule has 0 heterocycles. The molecule has 3 aromatic rings. The molecule has 1 amide bonds. The Balaban J connectivity index is 1.73. The van der Waals surface area contributed by atoms with Gasteiger partial charge in [0.05, 0.1) is 23.3 Å². The molecule has 0 unspecified atom stereocenters. The van der Waals surface area contributed by atoms with Crippen molar-refractivity contribution in [1.82, 2.24) is 5.32 Å². The molecule has 3 aromatic carbocycles. The van der Waals surface area contributed by atoms with Gasteiger partial charge in [0.2, 0.25) is 5.91 Å². The fourth-order valence-electron chi connectivity index (χ4n) is 3.17. The Morgan fingerprint density at radius 1 is 0.926 bits per heavy atom. The zero-order valence-electron chi connectivity index (χ0n) is 15.5. The fraction of sp³-hybridized carbons (Fsp3) is 0.174. The Bertz CT molecular complexity index is 848. The largest absolute Gasteiger partial charge is 0.323 e. The van der Waals surface area contributed by atoms with Gasteiger partial charge in [-0.15, -0.1) is 0 Å². The Morgan fingerprint density at radius 3 is 2.00 bits per heavy atom. The molecule has 3 rings (SSSR count). The van der Waals surface area contributed by atoms with Crippen molar-refractivity contribution >= 4 is 23.2 Å². The van der Waals surface area contributed by atoms with E-state index in [1.54, 1.807) is 0 Å². The lowest BCUT2D eigenvalue weighted by atomic mass is 9.99. The molecule has 0 saturated carbocycles. The second kappa shape index (κ2) is 8.85. The molecule has 0 aliphatic heterocycles. The van der Waals surface area contributed by atoms with Gasteiger partial charge in [-0.1, -0.05) is 78.3 Å². The lowest BCUT2D eigenvalue weighted by molar-refractivity contribution is -0.115. The zero-order valence-corrected chi connectivity index (χ0v) is 16.3. The second-order valence-corrected chi connectivity index (χ2v) is 7.03. The predicted octanol–water partition coefficient (Wildman–Crippen LogP) is 5.27. The Morgan fingerprint density at radius 2 is 1.48 bits per heavy atom. The molecule has 0 radical (unpaired) electrons. The van der Waals surface area contributed by atoms with Crippen molar-refractivity contribution in [2.24, 2.45) is 0 Å². The van der Waals surface area contributed by atoms with Crippen LogP contribution in [0.1, 0.15) is 28.3 Å². The summed E-state index contributed by atoms with van der Waals surface area (Å²) in [6.07, 6.45) is 0. The van der Waals surface area contributed by atoms with Gasteiger partial charge < -0.3 is 5.32 Å². The van der Waals surface area contributed by atoms with Gasteiger partial charge in [0.25, 0.3) is 0 Å². The maximum atomic E-state index is 12.5. The number of anilines is 1. The standard InChI is InChI=1S/C23H23ClN2O/c1-16-13-17(2)22(20(24)14-16)26-21(27)15-25-23(18-9-5-3-6-10-18)19-11-7-4-8-12-19/h3-14,23,25H,15H2,1-2H3,(H,26,27). The highest BCUT2D eigenvalue weighted by molar-refractivity contribution is 6.34. The topological polar surface area (TPSA) is 41.1 Å². The van der Waals surface area contributed by atoms with Crippen LogP contribution in [0.5, 0.6) is 0 Å². The summed E-state index contributed by atoms with van der Waals surface area (Å²) < 4.78 is 0. The van der Waals surface area contributed by atoms with Gasteiger partial charge in [0.15, 0.2) is 0 Å². The summed E-state index contributed by atoms with van der Waals surface area (Å²) in [5.41, 5.74) is 4.92. The van der Waals surface area contributed by atoms with Crippen molar-refractivity contribution in [3.8, 4) is 0 Å². The number of rotatable bonds is 6. The predicted molar refractivity (Wildman–Crippen MR) is 112 cm³/mol. The first kappa shape index (κ1) is 19.2. The van der Waals surface area contributed by atoms with E-state index in [2.05, 4.69) is 34.9 Å². The van der Waals surface area contributed by atoms with Gasteiger partial charge in [0.1, 0.15) is 0 Å². The highest BCUT2D eigenvalue weighted by atomic mass is 35.5. The van der Waals surface area contributed by atoms with E-state index in [0.29, 0.717) is 10.7 Å². The summed E-state index contributed by atoms with van der Waals surface area (Å²) >= 11 is 6.30. The van der Waals surface area contributed by atoms with Crippen LogP contribution in [-0.2, 0) is 4.79 Å². The lowest BCUT2D eigenvalue weighted by Crippen LogP contribution is -2.32. The summed E-state index contributed by atoms with van der Waals surface area (Å²) in [6.45, 7) is 4.10. The van der Waals surface area contributed by atoms with E-state index in [9.17, 15) is 4.79 Å². The first-order chi connectivity index (χ1) is 13.0. The molecule has 27 heavy (non-hydrogen) atoms. The number of halogens is 1. The van der Waals surface area contributed by atoms with Crippen molar-refractivity contribution in [3.05, 3.63) is 100 Å². The normalized spacial score (nSPS) is 10.8. The molecule has 0 aliphatic rings. The van der Waals surface area contributed by atoms with Gasteiger partial charge in [0, 0.05) is 0 Å². The van der Waals surface area contributed by atoms with Crippen LogP contribution in [0.4, 0.5) is 5.69 Å². The van der Waals surface area contributed by atoms with E-state index < -0.39 is 0 Å². The van der Waals surface area contributed by atoms with E-state index in [4.69, 9.17) is 11.6 Å². The number of nitrogens with one attached hydrogen (secondary N) is 2. The molecule has 0 aliphatic carbocycles. The molecular formula is C23H23ClN2O. The second-order valence-electron chi connectivity index (χ2n) is 6.62. The Hall–Kier alpha value is -2.62. The summed E-state index contributed by atoms with van der Waals surface area (Å²) in [6, 6.07) is 24.0. The third kappa shape index (κ3) is 4.97. The molecule has 0 bridgehead atoms.